The summed E-state index contributed by atoms with van der Waals surface area (Å²) in [6, 6.07) is 6.88. The second-order valence-corrected chi connectivity index (χ2v) is 4.36. The number of carbonyl (C=O) groups excluding carboxylic acids is 2. The average Bonchev–Trinajstić information content (AvgIpc) is 2.39. The molecule has 0 radical (unpaired) electrons. The molecule has 7 nitrogen and oxygen atoms in total. The lowest BCUT2D eigenvalue weighted by Crippen LogP contribution is -2.42. The van der Waals surface area contributed by atoms with Gasteiger partial charge in [-0.15, -0.1) is 0 Å². The fourth-order valence-corrected chi connectivity index (χ4v) is 1.74. The standard InChI is InChI=1S/C14H18N2O5/c1-2-21-11-5-3-10(4-6-11)7-13(18)16(8-12(15)17)9-14(19)20/h3-6H,2,7-9H2,1H3,(H2,15,17)(H,19,20). The summed E-state index contributed by atoms with van der Waals surface area (Å²) < 4.78 is 5.28. The zero-order valence-corrected chi connectivity index (χ0v) is 11.7. The van der Waals surface area contributed by atoms with Gasteiger partial charge in [0.1, 0.15) is 12.3 Å². The highest BCUT2D eigenvalue weighted by atomic mass is 16.5. The number of benzene rings is 1. The Bertz CT molecular complexity index is 497. The molecule has 21 heavy (non-hydrogen) atoms. The van der Waals surface area contributed by atoms with Crippen LogP contribution in [0.15, 0.2) is 24.3 Å². The molecule has 0 bridgehead atoms. The van der Waals surface area contributed by atoms with Gasteiger partial charge < -0.3 is 20.5 Å². The topological polar surface area (TPSA) is 110 Å². The summed E-state index contributed by atoms with van der Waals surface area (Å²) in [5.41, 5.74) is 5.71. The quantitative estimate of drug-likeness (QED) is 0.702. The molecule has 114 valence electrons. The van der Waals surface area contributed by atoms with Crippen molar-refractivity contribution in [1.82, 2.24) is 4.90 Å². The van der Waals surface area contributed by atoms with Crippen LogP contribution >= 0.6 is 0 Å². The Morgan fingerprint density at radius 3 is 2.29 bits per heavy atom. The van der Waals surface area contributed by atoms with Gasteiger partial charge >= 0.3 is 5.97 Å². The minimum absolute atomic E-state index is 0.00698. The number of hydrogen-bond acceptors (Lipinski definition) is 4. The second-order valence-electron chi connectivity index (χ2n) is 4.36. The number of hydrogen-bond donors (Lipinski definition) is 2. The van der Waals surface area contributed by atoms with Crippen molar-refractivity contribution >= 4 is 17.8 Å². The lowest BCUT2D eigenvalue weighted by Gasteiger charge is -2.19. The first-order valence-electron chi connectivity index (χ1n) is 6.42. The molecule has 1 aromatic rings. The molecule has 0 saturated carbocycles. The van der Waals surface area contributed by atoms with Crippen LogP contribution in [0, 0.1) is 0 Å². The molecule has 0 fully saturated rings. The number of nitrogens with two attached hydrogens (primary N) is 1. The third-order valence-corrected chi connectivity index (χ3v) is 2.62. The summed E-state index contributed by atoms with van der Waals surface area (Å²) in [5, 5.41) is 8.74. The fourth-order valence-electron chi connectivity index (χ4n) is 1.74. The molecule has 0 aliphatic carbocycles. The van der Waals surface area contributed by atoms with Crippen LogP contribution < -0.4 is 10.5 Å². The normalized spacial score (nSPS) is 9.95. The Kier molecular flexibility index (Phi) is 6.19. The maximum absolute atomic E-state index is 12.0. The van der Waals surface area contributed by atoms with E-state index in [4.69, 9.17) is 15.6 Å². The number of primary amides is 1. The predicted octanol–water partition coefficient (Wildman–Crippen LogP) is 0.0263. The first kappa shape index (κ1) is 16.5. The second kappa shape index (κ2) is 7.88. The molecule has 1 aromatic carbocycles. The first-order valence-corrected chi connectivity index (χ1v) is 6.42. The van der Waals surface area contributed by atoms with Gasteiger partial charge in [0.05, 0.1) is 19.6 Å². The van der Waals surface area contributed by atoms with E-state index in [0.717, 1.165) is 4.90 Å². The van der Waals surface area contributed by atoms with Crippen LogP contribution in [0.4, 0.5) is 0 Å². The van der Waals surface area contributed by atoms with Crippen molar-refractivity contribution in [2.45, 2.75) is 13.3 Å². The van der Waals surface area contributed by atoms with Crippen LogP contribution in [-0.2, 0) is 20.8 Å². The summed E-state index contributed by atoms with van der Waals surface area (Å²) in [7, 11) is 0. The van der Waals surface area contributed by atoms with Gasteiger partial charge in [-0.3, -0.25) is 14.4 Å². The van der Waals surface area contributed by atoms with E-state index in [1.165, 1.54) is 0 Å². The Morgan fingerprint density at radius 2 is 1.81 bits per heavy atom. The largest absolute Gasteiger partial charge is 0.494 e. The number of carboxylic acids is 1. The Morgan fingerprint density at radius 1 is 1.19 bits per heavy atom. The van der Waals surface area contributed by atoms with E-state index in [-0.39, 0.29) is 6.42 Å². The molecule has 2 amide bonds. The molecule has 0 heterocycles. The van der Waals surface area contributed by atoms with Crippen molar-refractivity contribution in [1.29, 1.82) is 0 Å². The molecular weight excluding hydrogens is 276 g/mol. The molecule has 0 spiro atoms. The minimum atomic E-state index is -1.20. The van der Waals surface area contributed by atoms with E-state index in [0.29, 0.717) is 17.9 Å². The highest BCUT2D eigenvalue weighted by Gasteiger charge is 2.18. The Hall–Kier alpha value is -2.57. The van der Waals surface area contributed by atoms with Crippen LogP contribution in [0.3, 0.4) is 0 Å². The highest BCUT2D eigenvalue weighted by molar-refractivity contribution is 5.87. The molecule has 3 N–H and O–H groups in total. The van der Waals surface area contributed by atoms with Crippen molar-refractivity contribution in [2.75, 3.05) is 19.7 Å². The number of nitrogens with zero attached hydrogens (tertiary/aromatic N) is 1. The number of amides is 2. The van der Waals surface area contributed by atoms with Crippen molar-refractivity contribution in [3.63, 3.8) is 0 Å². The van der Waals surface area contributed by atoms with Crippen molar-refractivity contribution in [2.24, 2.45) is 5.73 Å². The molecule has 7 heteroatoms. The van der Waals surface area contributed by atoms with Gasteiger partial charge in [0.25, 0.3) is 0 Å². The fraction of sp³-hybridized carbons (Fsp3) is 0.357. The molecule has 0 aliphatic rings. The van der Waals surface area contributed by atoms with E-state index in [1.807, 2.05) is 6.92 Å². The maximum Gasteiger partial charge on any atom is 0.323 e. The van der Waals surface area contributed by atoms with Gasteiger partial charge in [-0.2, -0.15) is 0 Å². The van der Waals surface area contributed by atoms with Gasteiger partial charge in [0.2, 0.25) is 11.8 Å². The zero-order chi connectivity index (χ0) is 15.8. The molecule has 0 atom stereocenters. The lowest BCUT2D eigenvalue weighted by atomic mass is 10.1. The maximum atomic E-state index is 12.0. The van der Waals surface area contributed by atoms with Gasteiger partial charge in [-0.1, -0.05) is 12.1 Å². The van der Waals surface area contributed by atoms with Crippen LogP contribution in [-0.4, -0.2) is 47.5 Å². The Labute approximate surface area is 122 Å². The van der Waals surface area contributed by atoms with E-state index in [1.54, 1.807) is 24.3 Å². The van der Waals surface area contributed by atoms with Crippen LogP contribution in [0.5, 0.6) is 5.75 Å². The predicted molar refractivity (Wildman–Crippen MR) is 74.7 cm³/mol. The number of carbonyl (C=O) groups is 3. The molecule has 0 aromatic heterocycles. The first-order chi connectivity index (χ1) is 9.92. The molecular formula is C14H18N2O5. The van der Waals surface area contributed by atoms with E-state index >= 15 is 0 Å². The Balaban J connectivity index is 2.71. The SMILES string of the molecule is CCOc1ccc(CC(=O)N(CC(N)=O)CC(=O)O)cc1. The summed E-state index contributed by atoms with van der Waals surface area (Å²) in [6.07, 6.45) is -0.00698. The number of rotatable bonds is 8. The van der Waals surface area contributed by atoms with Gasteiger partial charge in [0.15, 0.2) is 0 Å². The van der Waals surface area contributed by atoms with Gasteiger partial charge in [0, 0.05) is 0 Å². The minimum Gasteiger partial charge on any atom is -0.494 e. The third-order valence-electron chi connectivity index (χ3n) is 2.62. The summed E-state index contributed by atoms with van der Waals surface area (Å²) >= 11 is 0. The molecule has 0 unspecified atom stereocenters. The summed E-state index contributed by atoms with van der Waals surface area (Å²) in [4.78, 5) is 34.5. The van der Waals surface area contributed by atoms with Crippen LogP contribution in [0.25, 0.3) is 0 Å². The molecule has 0 aliphatic heterocycles. The summed E-state index contributed by atoms with van der Waals surface area (Å²) in [5.74, 6) is -1.74. The van der Waals surface area contributed by atoms with Crippen LogP contribution in [0.1, 0.15) is 12.5 Å². The zero-order valence-electron chi connectivity index (χ0n) is 11.7. The highest BCUT2D eigenvalue weighted by Crippen LogP contribution is 2.13. The molecule has 0 saturated heterocycles. The lowest BCUT2D eigenvalue weighted by molar-refractivity contribution is -0.145. The average molecular weight is 294 g/mol. The number of carboxylic acid groups (broad SMARTS) is 1. The van der Waals surface area contributed by atoms with Gasteiger partial charge in [-0.05, 0) is 24.6 Å². The van der Waals surface area contributed by atoms with Crippen molar-refractivity contribution in [3.8, 4) is 5.75 Å². The van der Waals surface area contributed by atoms with E-state index < -0.39 is 30.9 Å². The smallest absolute Gasteiger partial charge is 0.323 e. The van der Waals surface area contributed by atoms with Crippen LogP contribution in [0.2, 0.25) is 0 Å². The molecule has 1 rings (SSSR count). The monoisotopic (exact) mass is 294 g/mol. The van der Waals surface area contributed by atoms with Crippen molar-refractivity contribution < 1.29 is 24.2 Å². The van der Waals surface area contributed by atoms with Gasteiger partial charge in [-0.25, -0.2) is 0 Å². The van der Waals surface area contributed by atoms with Crippen molar-refractivity contribution in [3.05, 3.63) is 29.8 Å². The number of aliphatic carboxylic acids is 1. The third kappa shape index (κ3) is 5.94. The van der Waals surface area contributed by atoms with E-state index in [2.05, 4.69) is 0 Å². The summed E-state index contributed by atoms with van der Waals surface area (Å²) in [6.45, 7) is 1.44. The number of ether oxygens (including phenoxy) is 1. The van der Waals surface area contributed by atoms with E-state index in [9.17, 15) is 14.4 Å².